The van der Waals surface area contributed by atoms with E-state index in [4.69, 9.17) is 22.1 Å². The van der Waals surface area contributed by atoms with Gasteiger partial charge >= 0.3 is 5.97 Å². The van der Waals surface area contributed by atoms with Crippen molar-refractivity contribution in [3.63, 3.8) is 0 Å². The van der Waals surface area contributed by atoms with Crippen molar-refractivity contribution in [2.45, 2.75) is 0 Å². The monoisotopic (exact) mass is 261 g/mol. The number of ether oxygens (including phenoxy) is 1. The molecule has 0 bridgehead atoms. The largest absolute Gasteiger partial charge is 0.465 e. The topological polar surface area (TPSA) is 85.9 Å². The molecule has 0 saturated carbocycles. The highest BCUT2D eigenvalue weighted by molar-refractivity contribution is 6.33. The zero-order chi connectivity index (χ0) is 13.5. The Morgan fingerprint density at radius 1 is 1.44 bits per heavy atom. The van der Waals surface area contributed by atoms with Crippen molar-refractivity contribution in [1.82, 2.24) is 0 Å². The number of benzene rings is 1. The molecule has 0 amide bonds. The van der Waals surface area contributed by atoms with Crippen molar-refractivity contribution >= 4 is 23.3 Å². The smallest absolute Gasteiger partial charge is 0.339 e. The summed E-state index contributed by atoms with van der Waals surface area (Å²) in [5, 5.41) is 20.1. The number of esters is 1. The zero-order valence-corrected chi connectivity index (χ0v) is 10.2. The second-order valence-electron chi connectivity index (χ2n) is 3.11. The number of nitrogens with one attached hydrogen (secondary N) is 1. The van der Waals surface area contributed by atoms with E-state index in [2.05, 4.69) is 10.1 Å². The number of nitrogens with zero attached hydrogens (tertiary/aromatic N) is 2. The van der Waals surface area contributed by atoms with Gasteiger partial charge in [0.25, 0.3) is 0 Å². The summed E-state index contributed by atoms with van der Waals surface area (Å²) in [5.74, 6) is -0.562. The molecule has 0 aliphatic carbocycles. The van der Waals surface area contributed by atoms with Crippen LogP contribution in [0.25, 0.3) is 0 Å². The molecule has 0 fully saturated rings. The van der Waals surface area contributed by atoms with Gasteiger partial charge in [-0.25, -0.2) is 4.79 Å². The molecule has 0 aliphatic rings. The lowest BCUT2D eigenvalue weighted by atomic mass is 10.2. The third-order valence-corrected chi connectivity index (χ3v) is 2.33. The number of nitriles is 2. The molecule has 0 aromatic heterocycles. The first-order chi connectivity index (χ1) is 8.62. The molecule has 18 heavy (non-hydrogen) atoms. The van der Waals surface area contributed by atoms with E-state index in [0.717, 1.165) is 0 Å². The van der Waals surface area contributed by atoms with Gasteiger partial charge in [-0.05, 0) is 18.2 Å². The highest BCUT2D eigenvalue weighted by Gasteiger charge is 2.10. The van der Waals surface area contributed by atoms with Gasteiger partial charge in [0.1, 0.15) is 17.7 Å². The van der Waals surface area contributed by atoms with Gasteiger partial charge in [0.2, 0.25) is 0 Å². The Labute approximate surface area is 109 Å². The fraction of sp³-hybridized carbons (Fsp3) is 0.0833. The summed E-state index contributed by atoms with van der Waals surface area (Å²) in [6, 6.07) is 8.00. The fourth-order valence-corrected chi connectivity index (χ4v) is 1.32. The van der Waals surface area contributed by atoms with Crippen molar-refractivity contribution in [2.75, 3.05) is 12.4 Å². The summed E-state index contributed by atoms with van der Waals surface area (Å²) in [6.07, 6.45) is 1.24. The standard InChI is InChI=1S/C12H8ClN3O2/c1-18-12(17)10-4-9(2-3-11(10)13)16-7-8(5-14)6-15/h2-4,7,16H,1H3. The van der Waals surface area contributed by atoms with Gasteiger partial charge in [0.05, 0.1) is 17.7 Å². The van der Waals surface area contributed by atoms with Crippen LogP contribution >= 0.6 is 11.6 Å². The van der Waals surface area contributed by atoms with Crippen molar-refractivity contribution in [2.24, 2.45) is 0 Å². The first-order valence-corrected chi connectivity index (χ1v) is 5.15. The van der Waals surface area contributed by atoms with E-state index in [1.807, 2.05) is 0 Å². The van der Waals surface area contributed by atoms with Crippen molar-refractivity contribution in [3.05, 3.63) is 40.6 Å². The van der Waals surface area contributed by atoms with E-state index in [1.54, 1.807) is 18.2 Å². The van der Waals surface area contributed by atoms with Crippen molar-refractivity contribution in [1.29, 1.82) is 10.5 Å². The number of methoxy groups -OCH3 is 1. The van der Waals surface area contributed by atoms with Gasteiger partial charge in [0.15, 0.2) is 0 Å². The number of hydrogen-bond donors (Lipinski definition) is 1. The van der Waals surface area contributed by atoms with Crippen molar-refractivity contribution in [3.8, 4) is 12.1 Å². The molecule has 0 heterocycles. The third-order valence-electron chi connectivity index (χ3n) is 2.00. The lowest BCUT2D eigenvalue weighted by Gasteiger charge is -2.05. The number of hydrogen-bond acceptors (Lipinski definition) is 5. The van der Waals surface area contributed by atoms with Crippen LogP contribution in [0, 0.1) is 22.7 Å². The predicted molar refractivity (Wildman–Crippen MR) is 65.7 cm³/mol. The van der Waals surface area contributed by atoms with Crippen LogP contribution in [0.15, 0.2) is 30.0 Å². The molecule has 0 unspecified atom stereocenters. The number of halogens is 1. The summed E-state index contributed by atoms with van der Waals surface area (Å²) in [7, 11) is 1.25. The first-order valence-electron chi connectivity index (χ1n) is 4.77. The molecular weight excluding hydrogens is 254 g/mol. The lowest BCUT2D eigenvalue weighted by molar-refractivity contribution is 0.0601. The Hall–Kier alpha value is -2.50. The molecule has 90 valence electrons. The minimum atomic E-state index is -0.562. The number of rotatable bonds is 3. The van der Waals surface area contributed by atoms with Crippen LogP contribution in [0.5, 0.6) is 0 Å². The van der Waals surface area contributed by atoms with Crippen LogP contribution in [0.2, 0.25) is 5.02 Å². The van der Waals surface area contributed by atoms with Crippen molar-refractivity contribution < 1.29 is 9.53 Å². The number of carbonyl (C=O) groups excluding carboxylic acids is 1. The number of anilines is 1. The zero-order valence-electron chi connectivity index (χ0n) is 9.40. The second kappa shape index (κ2) is 6.29. The van der Waals surface area contributed by atoms with Crippen LogP contribution < -0.4 is 5.32 Å². The van der Waals surface area contributed by atoms with E-state index >= 15 is 0 Å². The SMILES string of the molecule is COC(=O)c1cc(NC=C(C#N)C#N)ccc1Cl. The summed E-state index contributed by atoms with van der Waals surface area (Å²) in [4.78, 5) is 11.4. The molecular formula is C12H8ClN3O2. The minimum Gasteiger partial charge on any atom is -0.465 e. The summed E-state index contributed by atoms with van der Waals surface area (Å²) < 4.78 is 4.57. The normalized spacial score (nSPS) is 8.67. The molecule has 0 atom stereocenters. The Bertz CT molecular complexity index is 566. The summed E-state index contributed by atoms with van der Waals surface area (Å²) in [6.45, 7) is 0. The van der Waals surface area contributed by atoms with Crippen LogP contribution in [-0.4, -0.2) is 13.1 Å². The maximum absolute atomic E-state index is 11.4. The number of carbonyl (C=O) groups is 1. The summed E-state index contributed by atoms with van der Waals surface area (Å²) >= 11 is 5.84. The van der Waals surface area contributed by atoms with Gasteiger partial charge in [0, 0.05) is 11.9 Å². The van der Waals surface area contributed by atoms with E-state index in [1.165, 1.54) is 25.4 Å². The Morgan fingerprint density at radius 2 is 2.11 bits per heavy atom. The molecule has 0 radical (unpaired) electrons. The molecule has 6 heteroatoms. The Morgan fingerprint density at radius 3 is 2.67 bits per heavy atom. The van der Waals surface area contributed by atoms with E-state index in [0.29, 0.717) is 5.69 Å². The molecule has 5 nitrogen and oxygen atoms in total. The molecule has 1 rings (SSSR count). The van der Waals surface area contributed by atoms with Gasteiger partial charge in [-0.2, -0.15) is 10.5 Å². The third kappa shape index (κ3) is 3.24. The van der Waals surface area contributed by atoms with Crippen LogP contribution in [0.1, 0.15) is 10.4 Å². The summed E-state index contributed by atoms with van der Waals surface area (Å²) in [5.41, 5.74) is 0.639. The molecule has 1 aromatic carbocycles. The average Bonchev–Trinajstić information content (AvgIpc) is 2.40. The molecule has 1 aromatic rings. The van der Waals surface area contributed by atoms with Gasteiger partial charge in [-0.1, -0.05) is 11.6 Å². The maximum atomic E-state index is 11.4. The minimum absolute atomic E-state index is 0.0791. The number of allylic oxidation sites excluding steroid dienone is 1. The Kier molecular flexibility index (Phi) is 4.74. The molecule has 0 saturated heterocycles. The quantitative estimate of drug-likeness (QED) is 0.667. The highest BCUT2D eigenvalue weighted by Crippen LogP contribution is 2.21. The fourth-order valence-electron chi connectivity index (χ4n) is 1.13. The van der Waals surface area contributed by atoms with Crippen LogP contribution in [0.3, 0.4) is 0 Å². The predicted octanol–water partition coefficient (Wildman–Crippen LogP) is 2.47. The maximum Gasteiger partial charge on any atom is 0.339 e. The molecule has 0 aliphatic heterocycles. The van der Waals surface area contributed by atoms with E-state index in [9.17, 15) is 4.79 Å². The highest BCUT2D eigenvalue weighted by atomic mass is 35.5. The molecule has 0 spiro atoms. The second-order valence-corrected chi connectivity index (χ2v) is 3.52. The van der Waals surface area contributed by atoms with Gasteiger partial charge < -0.3 is 10.1 Å². The average molecular weight is 262 g/mol. The van der Waals surface area contributed by atoms with Gasteiger partial charge in [-0.3, -0.25) is 0 Å². The molecule has 1 N–H and O–H groups in total. The van der Waals surface area contributed by atoms with E-state index in [-0.39, 0.29) is 16.2 Å². The Balaban J connectivity index is 3.01. The van der Waals surface area contributed by atoms with E-state index < -0.39 is 5.97 Å². The van der Waals surface area contributed by atoms with Crippen LogP contribution in [-0.2, 0) is 4.74 Å². The first kappa shape index (κ1) is 13.6. The van der Waals surface area contributed by atoms with Gasteiger partial charge in [-0.15, -0.1) is 0 Å². The lowest BCUT2D eigenvalue weighted by Crippen LogP contribution is -2.03. The van der Waals surface area contributed by atoms with Crippen LogP contribution in [0.4, 0.5) is 5.69 Å².